The van der Waals surface area contributed by atoms with Gasteiger partial charge in [0.1, 0.15) is 0 Å². The number of anilines is 1. The lowest BCUT2D eigenvalue weighted by molar-refractivity contribution is -0.111. The van der Waals surface area contributed by atoms with E-state index in [1.54, 1.807) is 17.0 Å². The van der Waals surface area contributed by atoms with Crippen LogP contribution in [0.2, 0.25) is 0 Å². The van der Waals surface area contributed by atoms with Gasteiger partial charge in [0.2, 0.25) is 5.91 Å². The van der Waals surface area contributed by atoms with E-state index in [1.807, 2.05) is 37.5 Å². The Balaban J connectivity index is 1.92. The number of hydrogen-bond donors (Lipinski definition) is 2. The van der Waals surface area contributed by atoms with Gasteiger partial charge in [-0.05, 0) is 30.2 Å². The molecule has 5 heteroatoms. The number of hydrogen-bond acceptors (Lipinski definition) is 3. The van der Waals surface area contributed by atoms with Crippen molar-refractivity contribution in [1.29, 1.82) is 0 Å². The first-order valence-corrected chi connectivity index (χ1v) is 6.35. The second-order valence-corrected chi connectivity index (χ2v) is 4.44. The molecular weight excluding hydrogens is 254 g/mol. The van der Waals surface area contributed by atoms with Crippen molar-refractivity contribution in [1.82, 2.24) is 9.78 Å². The molecular formula is C15H17N3O2. The first kappa shape index (κ1) is 14.0. The molecule has 1 aromatic carbocycles. The molecule has 2 rings (SSSR count). The quantitative estimate of drug-likeness (QED) is 0.812. The molecule has 2 N–H and O–H groups in total. The van der Waals surface area contributed by atoms with Crippen LogP contribution in [0.15, 0.2) is 42.7 Å². The van der Waals surface area contributed by atoms with Crippen LogP contribution in [0.25, 0.3) is 6.08 Å². The highest BCUT2D eigenvalue weighted by Crippen LogP contribution is 2.10. The van der Waals surface area contributed by atoms with E-state index in [2.05, 4.69) is 10.4 Å². The van der Waals surface area contributed by atoms with Crippen LogP contribution in [0.1, 0.15) is 11.1 Å². The highest BCUT2D eigenvalue weighted by atomic mass is 16.2. The van der Waals surface area contributed by atoms with Gasteiger partial charge in [0.25, 0.3) is 0 Å². The zero-order chi connectivity index (χ0) is 14.4. The molecule has 0 atom stereocenters. The molecule has 0 unspecified atom stereocenters. The molecule has 0 radical (unpaired) electrons. The number of nitrogens with zero attached hydrogens (tertiary/aromatic N) is 2. The number of carbonyl (C=O) groups is 1. The summed E-state index contributed by atoms with van der Waals surface area (Å²) in [5.74, 6) is -0.191. The summed E-state index contributed by atoms with van der Waals surface area (Å²) in [4.78, 5) is 11.7. The van der Waals surface area contributed by atoms with E-state index in [4.69, 9.17) is 5.11 Å². The van der Waals surface area contributed by atoms with E-state index in [1.165, 1.54) is 6.08 Å². The largest absolute Gasteiger partial charge is 0.396 e. The van der Waals surface area contributed by atoms with Crippen LogP contribution in [-0.4, -0.2) is 27.4 Å². The molecule has 0 fully saturated rings. The van der Waals surface area contributed by atoms with Crippen LogP contribution in [0, 0.1) is 0 Å². The van der Waals surface area contributed by atoms with Crippen molar-refractivity contribution in [2.24, 2.45) is 7.05 Å². The highest BCUT2D eigenvalue weighted by molar-refractivity contribution is 6.01. The van der Waals surface area contributed by atoms with E-state index in [0.29, 0.717) is 6.42 Å². The van der Waals surface area contributed by atoms with Gasteiger partial charge in [-0.15, -0.1) is 0 Å². The summed E-state index contributed by atoms with van der Waals surface area (Å²) in [6.07, 6.45) is 7.32. The van der Waals surface area contributed by atoms with Crippen LogP contribution in [0.4, 0.5) is 5.69 Å². The van der Waals surface area contributed by atoms with Gasteiger partial charge in [0.15, 0.2) is 0 Å². The lowest BCUT2D eigenvalue weighted by Gasteiger charge is -2.03. The summed E-state index contributed by atoms with van der Waals surface area (Å²) in [7, 11) is 1.82. The Morgan fingerprint density at radius 1 is 1.40 bits per heavy atom. The number of rotatable bonds is 5. The second-order valence-electron chi connectivity index (χ2n) is 4.44. The van der Waals surface area contributed by atoms with E-state index >= 15 is 0 Å². The molecule has 0 saturated heterocycles. The Kier molecular flexibility index (Phi) is 4.68. The topological polar surface area (TPSA) is 67.2 Å². The van der Waals surface area contributed by atoms with Crippen LogP contribution in [-0.2, 0) is 18.3 Å². The molecule has 1 aromatic heterocycles. The number of carbonyl (C=O) groups excluding carboxylic acids is 1. The molecule has 0 aliphatic carbocycles. The van der Waals surface area contributed by atoms with Gasteiger partial charge in [-0.2, -0.15) is 5.10 Å². The minimum absolute atomic E-state index is 0.125. The smallest absolute Gasteiger partial charge is 0.248 e. The van der Waals surface area contributed by atoms with Crippen molar-refractivity contribution in [3.05, 3.63) is 53.9 Å². The number of aliphatic hydroxyl groups excluding tert-OH is 1. The molecule has 20 heavy (non-hydrogen) atoms. The first-order valence-electron chi connectivity index (χ1n) is 6.35. The minimum atomic E-state index is -0.191. The fourth-order valence-electron chi connectivity index (χ4n) is 1.77. The third-order valence-electron chi connectivity index (χ3n) is 2.77. The summed E-state index contributed by atoms with van der Waals surface area (Å²) >= 11 is 0. The summed E-state index contributed by atoms with van der Waals surface area (Å²) in [6.45, 7) is 0.125. The zero-order valence-electron chi connectivity index (χ0n) is 11.3. The number of aryl methyl sites for hydroxylation is 1. The molecule has 0 aliphatic rings. The van der Waals surface area contributed by atoms with Crippen LogP contribution >= 0.6 is 0 Å². The molecule has 104 valence electrons. The summed E-state index contributed by atoms with van der Waals surface area (Å²) < 4.78 is 1.68. The SMILES string of the molecule is Cn1cc(C=CC(=O)Nc2ccc(CCO)cc2)cn1. The average molecular weight is 271 g/mol. The van der Waals surface area contributed by atoms with E-state index in [9.17, 15) is 4.79 Å². The number of aromatic nitrogens is 2. The van der Waals surface area contributed by atoms with Crippen molar-refractivity contribution in [3.8, 4) is 0 Å². The molecule has 0 saturated carbocycles. The summed E-state index contributed by atoms with van der Waals surface area (Å²) in [5.41, 5.74) is 2.64. The van der Waals surface area contributed by atoms with Gasteiger partial charge in [0, 0.05) is 37.2 Å². The molecule has 5 nitrogen and oxygen atoms in total. The lowest BCUT2D eigenvalue weighted by atomic mass is 10.1. The van der Waals surface area contributed by atoms with Crippen LogP contribution < -0.4 is 5.32 Å². The van der Waals surface area contributed by atoms with Crippen LogP contribution in [0.5, 0.6) is 0 Å². The fourth-order valence-corrected chi connectivity index (χ4v) is 1.77. The van der Waals surface area contributed by atoms with Gasteiger partial charge in [0.05, 0.1) is 6.20 Å². The van der Waals surface area contributed by atoms with Crippen molar-refractivity contribution >= 4 is 17.7 Å². The van der Waals surface area contributed by atoms with Crippen LogP contribution in [0.3, 0.4) is 0 Å². The van der Waals surface area contributed by atoms with Crippen molar-refractivity contribution in [3.63, 3.8) is 0 Å². The average Bonchev–Trinajstić information content (AvgIpc) is 2.85. The standard InChI is InChI=1S/C15H17N3O2/c1-18-11-13(10-16-18)4-7-15(20)17-14-5-2-12(3-6-14)8-9-19/h2-7,10-11,19H,8-9H2,1H3,(H,17,20). The Morgan fingerprint density at radius 2 is 2.15 bits per heavy atom. The maximum absolute atomic E-state index is 11.7. The number of benzene rings is 1. The zero-order valence-corrected chi connectivity index (χ0v) is 11.3. The van der Waals surface area contributed by atoms with E-state index in [-0.39, 0.29) is 12.5 Å². The Hall–Kier alpha value is -2.40. The second kappa shape index (κ2) is 6.68. The highest BCUT2D eigenvalue weighted by Gasteiger charge is 1.99. The molecule has 0 aliphatic heterocycles. The molecule has 2 aromatic rings. The number of aliphatic hydroxyl groups is 1. The molecule has 1 heterocycles. The normalized spacial score (nSPS) is 10.9. The summed E-state index contributed by atoms with van der Waals surface area (Å²) in [6, 6.07) is 7.41. The van der Waals surface area contributed by atoms with Gasteiger partial charge in [-0.1, -0.05) is 12.1 Å². The van der Waals surface area contributed by atoms with Gasteiger partial charge < -0.3 is 10.4 Å². The van der Waals surface area contributed by atoms with Crippen molar-refractivity contribution < 1.29 is 9.90 Å². The summed E-state index contributed by atoms with van der Waals surface area (Å²) in [5, 5.41) is 15.6. The van der Waals surface area contributed by atoms with Gasteiger partial charge >= 0.3 is 0 Å². The predicted octanol–water partition coefficient (Wildman–Crippen LogP) is 1.61. The molecule has 1 amide bonds. The van der Waals surface area contributed by atoms with Gasteiger partial charge in [-0.3, -0.25) is 9.48 Å². The van der Waals surface area contributed by atoms with E-state index in [0.717, 1.165) is 16.8 Å². The first-order chi connectivity index (χ1) is 9.67. The number of amides is 1. The fraction of sp³-hybridized carbons (Fsp3) is 0.200. The maximum Gasteiger partial charge on any atom is 0.248 e. The predicted molar refractivity (Wildman–Crippen MR) is 78.1 cm³/mol. The molecule has 0 spiro atoms. The maximum atomic E-state index is 11.7. The third-order valence-corrected chi connectivity index (χ3v) is 2.77. The van der Waals surface area contributed by atoms with Gasteiger partial charge in [-0.25, -0.2) is 0 Å². The molecule has 0 bridgehead atoms. The third kappa shape index (κ3) is 4.07. The minimum Gasteiger partial charge on any atom is -0.396 e. The Bertz CT molecular complexity index is 600. The Labute approximate surface area is 117 Å². The lowest BCUT2D eigenvalue weighted by Crippen LogP contribution is -2.07. The van der Waals surface area contributed by atoms with Crippen molar-refractivity contribution in [2.75, 3.05) is 11.9 Å². The Morgan fingerprint density at radius 3 is 2.75 bits per heavy atom. The number of nitrogens with one attached hydrogen (secondary N) is 1. The monoisotopic (exact) mass is 271 g/mol. The van der Waals surface area contributed by atoms with Crippen molar-refractivity contribution in [2.45, 2.75) is 6.42 Å². The van der Waals surface area contributed by atoms with E-state index < -0.39 is 0 Å².